The van der Waals surface area contributed by atoms with Crippen LogP contribution in [0.15, 0.2) is 16.5 Å². The van der Waals surface area contributed by atoms with Crippen molar-refractivity contribution in [1.82, 2.24) is 5.32 Å². The number of hydrogen-bond acceptors (Lipinski definition) is 3. The fourth-order valence-corrected chi connectivity index (χ4v) is 2.16. The van der Waals surface area contributed by atoms with Crippen LogP contribution in [0.2, 0.25) is 0 Å². The van der Waals surface area contributed by atoms with Crippen molar-refractivity contribution in [3.63, 3.8) is 0 Å². The molecule has 0 radical (unpaired) electrons. The molecule has 18 heavy (non-hydrogen) atoms. The number of amides is 1. The van der Waals surface area contributed by atoms with Crippen LogP contribution >= 0.6 is 0 Å². The van der Waals surface area contributed by atoms with Gasteiger partial charge < -0.3 is 15.5 Å². The summed E-state index contributed by atoms with van der Waals surface area (Å²) in [5.74, 6) is 0.184. The third kappa shape index (κ3) is 1.99. The van der Waals surface area contributed by atoms with Crippen molar-refractivity contribution in [2.45, 2.75) is 20.8 Å². The quantitative estimate of drug-likeness (QED) is 0.870. The number of nitrogens with two attached hydrogens (primary N) is 1. The van der Waals surface area contributed by atoms with Gasteiger partial charge >= 0.3 is 0 Å². The normalized spacial score (nSPS) is 10.9. The fourth-order valence-electron chi connectivity index (χ4n) is 2.16. The lowest BCUT2D eigenvalue weighted by molar-refractivity contribution is 0.0928. The summed E-state index contributed by atoms with van der Waals surface area (Å²) >= 11 is 0. The molecule has 4 heteroatoms. The van der Waals surface area contributed by atoms with Crippen LogP contribution in [0.5, 0.6) is 0 Å². The number of furan rings is 1. The Kier molecular flexibility index (Phi) is 3.39. The van der Waals surface area contributed by atoms with Gasteiger partial charge in [-0.3, -0.25) is 4.79 Å². The van der Waals surface area contributed by atoms with E-state index in [4.69, 9.17) is 10.2 Å². The summed E-state index contributed by atoms with van der Waals surface area (Å²) in [6.45, 7) is 6.78. The summed E-state index contributed by atoms with van der Waals surface area (Å²) in [5, 5.41) is 3.77. The third-order valence-electron chi connectivity index (χ3n) is 3.12. The molecule has 0 bridgehead atoms. The number of hydrogen-bond donors (Lipinski definition) is 2. The van der Waals surface area contributed by atoms with E-state index in [2.05, 4.69) is 5.32 Å². The number of rotatable bonds is 3. The Balaban J connectivity index is 2.54. The number of nitrogens with one attached hydrogen (secondary N) is 1. The minimum atomic E-state index is -0.201. The first-order valence-corrected chi connectivity index (χ1v) is 6.03. The molecule has 0 unspecified atom stereocenters. The van der Waals surface area contributed by atoms with Gasteiger partial charge in [-0.05, 0) is 31.9 Å². The topological polar surface area (TPSA) is 68.3 Å². The highest BCUT2D eigenvalue weighted by Crippen LogP contribution is 2.30. The van der Waals surface area contributed by atoms with Crippen LogP contribution in [0.25, 0.3) is 11.0 Å². The van der Waals surface area contributed by atoms with Gasteiger partial charge in [-0.2, -0.15) is 0 Å². The van der Waals surface area contributed by atoms with Gasteiger partial charge in [-0.1, -0.05) is 12.1 Å². The van der Waals surface area contributed by atoms with Crippen LogP contribution < -0.4 is 11.1 Å². The van der Waals surface area contributed by atoms with Crippen molar-refractivity contribution in [2.75, 3.05) is 13.1 Å². The van der Waals surface area contributed by atoms with Crippen molar-refractivity contribution in [2.24, 2.45) is 5.73 Å². The monoisotopic (exact) mass is 246 g/mol. The molecule has 1 amide bonds. The van der Waals surface area contributed by atoms with E-state index >= 15 is 0 Å². The summed E-state index contributed by atoms with van der Waals surface area (Å²) in [6.07, 6.45) is 0. The first kappa shape index (κ1) is 12.6. The summed E-state index contributed by atoms with van der Waals surface area (Å²) in [6, 6.07) is 4.05. The van der Waals surface area contributed by atoms with Crippen LogP contribution in [0.3, 0.4) is 0 Å². The highest BCUT2D eigenvalue weighted by Gasteiger charge is 2.19. The molecule has 3 N–H and O–H groups in total. The van der Waals surface area contributed by atoms with Crippen LogP contribution in [0, 0.1) is 20.8 Å². The average Bonchev–Trinajstić information content (AvgIpc) is 2.70. The molecular formula is C14H18N2O2. The van der Waals surface area contributed by atoms with Gasteiger partial charge in [0.15, 0.2) is 5.76 Å². The lowest BCUT2D eigenvalue weighted by atomic mass is 10.0. The second-order valence-electron chi connectivity index (χ2n) is 4.50. The van der Waals surface area contributed by atoms with Gasteiger partial charge in [0.25, 0.3) is 5.91 Å². The van der Waals surface area contributed by atoms with Crippen LogP contribution in [-0.2, 0) is 0 Å². The second-order valence-corrected chi connectivity index (χ2v) is 4.50. The number of carbonyl (C=O) groups is 1. The highest BCUT2D eigenvalue weighted by molar-refractivity contribution is 6.00. The van der Waals surface area contributed by atoms with Crippen molar-refractivity contribution >= 4 is 16.9 Å². The molecule has 1 aromatic carbocycles. The minimum absolute atomic E-state index is 0.201. The zero-order valence-corrected chi connectivity index (χ0v) is 11.0. The number of benzene rings is 1. The van der Waals surface area contributed by atoms with Crippen LogP contribution in [0.4, 0.5) is 0 Å². The fraction of sp³-hybridized carbons (Fsp3) is 0.357. The minimum Gasteiger partial charge on any atom is -0.450 e. The maximum atomic E-state index is 12.0. The van der Waals surface area contributed by atoms with Crippen LogP contribution in [0.1, 0.15) is 27.2 Å². The van der Waals surface area contributed by atoms with Crippen molar-refractivity contribution in [1.29, 1.82) is 0 Å². The van der Waals surface area contributed by atoms with E-state index in [1.165, 1.54) is 0 Å². The van der Waals surface area contributed by atoms with Crippen molar-refractivity contribution < 1.29 is 9.21 Å². The van der Waals surface area contributed by atoms with E-state index in [0.29, 0.717) is 18.8 Å². The third-order valence-corrected chi connectivity index (χ3v) is 3.12. The summed E-state index contributed by atoms with van der Waals surface area (Å²) < 4.78 is 5.72. The van der Waals surface area contributed by atoms with Gasteiger partial charge in [0, 0.05) is 24.0 Å². The number of fused-ring (bicyclic) bond motifs is 1. The maximum Gasteiger partial charge on any atom is 0.287 e. The lowest BCUT2D eigenvalue weighted by Crippen LogP contribution is -2.29. The molecule has 0 aliphatic rings. The summed E-state index contributed by atoms with van der Waals surface area (Å²) in [7, 11) is 0. The van der Waals surface area contributed by atoms with Gasteiger partial charge in [-0.25, -0.2) is 0 Å². The molecular weight excluding hydrogens is 228 g/mol. The van der Waals surface area contributed by atoms with Gasteiger partial charge in [-0.15, -0.1) is 0 Å². The van der Waals surface area contributed by atoms with E-state index < -0.39 is 0 Å². The molecule has 0 saturated heterocycles. The molecule has 0 aliphatic heterocycles. The number of aryl methyl sites for hydroxylation is 3. The zero-order chi connectivity index (χ0) is 13.3. The zero-order valence-electron chi connectivity index (χ0n) is 11.0. The summed E-state index contributed by atoms with van der Waals surface area (Å²) in [5.41, 5.74) is 9.22. The van der Waals surface area contributed by atoms with Gasteiger partial charge in [0.1, 0.15) is 5.58 Å². The first-order chi connectivity index (χ1) is 8.56. The van der Waals surface area contributed by atoms with Crippen molar-refractivity contribution in [3.8, 4) is 0 Å². The first-order valence-electron chi connectivity index (χ1n) is 6.03. The predicted octanol–water partition coefficient (Wildman–Crippen LogP) is 2.05. The Morgan fingerprint density at radius 2 is 1.94 bits per heavy atom. The largest absolute Gasteiger partial charge is 0.450 e. The molecule has 0 spiro atoms. The Hall–Kier alpha value is -1.81. The molecule has 0 atom stereocenters. The van der Waals surface area contributed by atoms with E-state index in [1.807, 2.05) is 32.9 Å². The summed E-state index contributed by atoms with van der Waals surface area (Å²) in [4.78, 5) is 12.0. The molecule has 0 fully saturated rings. The molecule has 1 aromatic heterocycles. The molecule has 96 valence electrons. The molecule has 1 heterocycles. The van der Waals surface area contributed by atoms with E-state index in [-0.39, 0.29) is 5.91 Å². The maximum absolute atomic E-state index is 12.0. The van der Waals surface area contributed by atoms with E-state index in [9.17, 15) is 4.79 Å². The van der Waals surface area contributed by atoms with E-state index in [1.54, 1.807) is 0 Å². The lowest BCUT2D eigenvalue weighted by Gasteiger charge is -2.00. The Labute approximate surface area is 106 Å². The molecule has 0 saturated carbocycles. The van der Waals surface area contributed by atoms with Gasteiger partial charge in [0.2, 0.25) is 0 Å². The SMILES string of the molecule is Cc1ccc(C)c2c(C)c(C(=O)NCCN)oc12. The Morgan fingerprint density at radius 1 is 1.28 bits per heavy atom. The van der Waals surface area contributed by atoms with Crippen molar-refractivity contribution in [3.05, 3.63) is 34.6 Å². The Bertz CT molecular complexity index is 599. The molecule has 2 rings (SSSR count). The number of carbonyl (C=O) groups excluding carboxylic acids is 1. The highest BCUT2D eigenvalue weighted by atomic mass is 16.3. The average molecular weight is 246 g/mol. The smallest absolute Gasteiger partial charge is 0.287 e. The Morgan fingerprint density at radius 3 is 2.56 bits per heavy atom. The molecule has 4 nitrogen and oxygen atoms in total. The second kappa shape index (κ2) is 4.82. The van der Waals surface area contributed by atoms with E-state index in [0.717, 1.165) is 27.7 Å². The molecule has 2 aromatic rings. The van der Waals surface area contributed by atoms with Crippen LogP contribution in [-0.4, -0.2) is 19.0 Å². The van der Waals surface area contributed by atoms with Gasteiger partial charge in [0.05, 0.1) is 0 Å². The molecule has 0 aliphatic carbocycles. The predicted molar refractivity (Wildman–Crippen MR) is 71.8 cm³/mol. The standard InChI is InChI=1S/C14H18N2O2/c1-8-4-5-9(2)12-11(8)10(3)13(18-12)14(17)16-7-6-15/h4-5H,6-7,15H2,1-3H3,(H,16,17).